The fraction of sp³-hybridized carbons (Fsp3) is 0.471. The standard InChI is InChI=1S/C17H22N4OS/c1-11-8-12(2)10-13(9-11)14-20-21-16(23-14)19-15(22)17(18)6-4-3-5-7-17/h8-10H,3-7,18H2,1-2H3,(H,19,21,22). The van der Waals surface area contributed by atoms with Gasteiger partial charge < -0.3 is 5.73 Å². The summed E-state index contributed by atoms with van der Waals surface area (Å²) < 4.78 is 0. The summed E-state index contributed by atoms with van der Waals surface area (Å²) in [5.41, 5.74) is 8.89. The molecule has 122 valence electrons. The highest BCUT2D eigenvalue weighted by molar-refractivity contribution is 7.18. The van der Waals surface area contributed by atoms with Crippen molar-refractivity contribution in [2.75, 3.05) is 5.32 Å². The Labute approximate surface area is 140 Å². The van der Waals surface area contributed by atoms with Gasteiger partial charge in [-0.3, -0.25) is 10.1 Å². The number of nitrogens with two attached hydrogens (primary N) is 1. The zero-order chi connectivity index (χ0) is 16.4. The lowest BCUT2D eigenvalue weighted by Crippen LogP contribution is -2.52. The number of nitrogens with zero attached hydrogens (tertiary/aromatic N) is 2. The maximum absolute atomic E-state index is 12.4. The van der Waals surface area contributed by atoms with E-state index in [1.54, 1.807) is 0 Å². The van der Waals surface area contributed by atoms with Crippen LogP contribution in [-0.2, 0) is 4.79 Å². The normalized spacial score (nSPS) is 17.0. The molecule has 1 aromatic heterocycles. The second kappa shape index (κ2) is 6.37. The monoisotopic (exact) mass is 330 g/mol. The second-order valence-corrected chi connectivity index (χ2v) is 7.44. The Morgan fingerprint density at radius 3 is 2.43 bits per heavy atom. The van der Waals surface area contributed by atoms with Crippen LogP contribution in [0.3, 0.4) is 0 Å². The minimum atomic E-state index is -0.760. The van der Waals surface area contributed by atoms with Crippen LogP contribution in [0, 0.1) is 13.8 Å². The van der Waals surface area contributed by atoms with E-state index in [2.05, 4.69) is 47.6 Å². The number of aryl methyl sites for hydroxylation is 2. The van der Waals surface area contributed by atoms with Crippen molar-refractivity contribution in [3.05, 3.63) is 29.3 Å². The molecule has 5 nitrogen and oxygen atoms in total. The summed E-state index contributed by atoms with van der Waals surface area (Å²) in [5, 5.41) is 12.5. The molecule has 2 aromatic rings. The molecule has 1 saturated carbocycles. The van der Waals surface area contributed by atoms with Crippen molar-refractivity contribution in [2.24, 2.45) is 5.73 Å². The highest BCUT2D eigenvalue weighted by atomic mass is 32.1. The summed E-state index contributed by atoms with van der Waals surface area (Å²) in [6.45, 7) is 4.11. The van der Waals surface area contributed by atoms with Gasteiger partial charge in [-0.05, 0) is 38.8 Å². The number of anilines is 1. The van der Waals surface area contributed by atoms with Gasteiger partial charge in [0.15, 0.2) is 0 Å². The van der Waals surface area contributed by atoms with Crippen LogP contribution in [0.1, 0.15) is 43.2 Å². The van der Waals surface area contributed by atoms with Gasteiger partial charge in [-0.2, -0.15) is 0 Å². The van der Waals surface area contributed by atoms with Gasteiger partial charge in [0.2, 0.25) is 11.0 Å². The lowest BCUT2D eigenvalue weighted by Gasteiger charge is -2.31. The Morgan fingerprint density at radius 1 is 1.13 bits per heavy atom. The molecule has 1 heterocycles. The fourth-order valence-electron chi connectivity index (χ4n) is 3.12. The molecule has 3 N–H and O–H groups in total. The topological polar surface area (TPSA) is 80.9 Å². The average Bonchev–Trinajstić information content (AvgIpc) is 2.95. The number of rotatable bonds is 3. The van der Waals surface area contributed by atoms with E-state index in [4.69, 9.17) is 5.73 Å². The van der Waals surface area contributed by atoms with Crippen LogP contribution < -0.4 is 11.1 Å². The van der Waals surface area contributed by atoms with Gasteiger partial charge in [-0.25, -0.2) is 0 Å². The maximum Gasteiger partial charge on any atom is 0.246 e. The van der Waals surface area contributed by atoms with Gasteiger partial charge >= 0.3 is 0 Å². The minimum Gasteiger partial charge on any atom is -0.317 e. The summed E-state index contributed by atoms with van der Waals surface area (Å²) in [7, 11) is 0. The fourth-order valence-corrected chi connectivity index (χ4v) is 3.85. The molecule has 0 radical (unpaired) electrons. The molecule has 1 aliphatic carbocycles. The van der Waals surface area contributed by atoms with Crippen LogP contribution in [0.25, 0.3) is 10.6 Å². The molecule has 0 aliphatic heterocycles. The molecule has 0 spiro atoms. The number of carbonyl (C=O) groups is 1. The number of hydrogen-bond donors (Lipinski definition) is 2. The van der Waals surface area contributed by atoms with Crippen LogP contribution >= 0.6 is 11.3 Å². The molecule has 23 heavy (non-hydrogen) atoms. The number of aromatic nitrogens is 2. The molecule has 1 fully saturated rings. The predicted octanol–water partition coefficient (Wildman–Crippen LogP) is 3.42. The first-order valence-electron chi connectivity index (χ1n) is 7.99. The minimum absolute atomic E-state index is 0.139. The van der Waals surface area contributed by atoms with Crippen LogP contribution in [0.15, 0.2) is 18.2 Å². The quantitative estimate of drug-likeness (QED) is 0.903. The van der Waals surface area contributed by atoms with Crippen molar-refractivity contribution in [1.82, 2.24) is 10.2 Å². The van der Waals surface area contributed by atoms with Crippen molar-refractivity contribution in [1.29, 1.82) is 0 Å². The molecule has 1 aliphatic rings. The maximum atomic E-state index is 12.4. The van der Waals surface area contributed by atoms with Gasteiger partial charge in [0.05, 0.1) is 5.54 Å². The highest BCUT2D eigenvalue weighted by Crippen LogP contribution is 2.30. The van der Waals surface area contributed by atoms with Crippen molar-refractivity contribution in [3.8, 4) is 10.6 Å². The van der Waals surface area contributed by atoms with Gasteiger partial charge in [0.1, 0.15) is 5.01 Å². The first-order valence-corrected chi connectivity index (χ1v) is 8.80. The first kappa shape index (κ1) is 16.1. The Kier molecular flexibility index (Phi) is 4.46. The smallest absolute Gasteiger partial charge is 0.246 e. The molecule has 1 aromatic carbocycles. The molecule has 0 unspecified atom stereocenters. The lowest BCUT2D eigenvalue weighted by molar-refractivity contribution is -0.122. The Balaban J connectivity index is 1.75. The average molecular weight is 330 g/mol. The molecular formula is C17H22N4OS. The van der Waals surface area contributed by atoms with Crippen molar-refractivity contribution >= 4 is 22.4 Å². The van der Waals surface area contributed by atoms with E-state index >= 15 is 0 Å². The SMILES string of the molecule is Cc1cc(C)cc(-c2nnc(NC(=O)C3(N)CCCCC3)s2)c1. The molecule has 3 rings (SSSR count). The largest absolute Gasteiger partial charge is 0.317 e. The Bertz CT molecular complexity index is 699. The van der Waals surface area contributed by atoms with Crippen LogP contribution in [0.2, 0.25) is 0 Å². The number of nitrogens with one attached hydrogen (secondary N) is 1. The molecule has 0 bridgehead atoms. The first-order chi connectivity index (χ1) is 11.0. The van der Waals surface area contributed by atoms with Gasteiger partial charge in [0.25, 0.3) is 0 Å². The van der Waals surface area contributed by atoms with E-state index in [9.17, 15) is 4.79 Å². The molecule has 6 heteroatoms. The Hall–Kier alpha value is -1.79. The summed E-state index contributed by atoms with van der Waals surface area (Å²) in [4.78, 5) is 12.4. The van der Waals surface area contributed by atoms with E-state index in [0.717, 1.165) is 42.7 Å². The number of benzene rings is 1. The van der Waals surface area contributed by atoms with E-state index in [1.165, 1.54) is 22.5 Å². The van der Waals surface area contributed by atoms with E-state index in [-0.39, 0.29) is 5.91 Å². The van der Waals surface area contributed by atoms with E-state index in [1.807, 2.05) is 0 Å². The molecule has 0 atom stereocenters. The van der Waals surface area contributed by atoms with E-state index in [0.29, 0.717) is 5.13 Å². The van der Waals surface area contributed by atoms with Gasteiger partial charge in [-0.1, -0.05) is 47.8 Å². The number of amides is 1. The zero-order valence-electron chi connectivity index (χ0n) is 13.6. The van der Waals surface area contributed by atoms with E-state index < -0.39 is 5.54 Å². The summed E-state index contributed by atoms with van der Waals surface area (Å²) in [5.74, 6) is -0.139. The lowest BCUT2D eigenvalue weighted by atomic mass is 9.82. The number of carbonyl (C=O) groups excluding carboxylic acids is 1. The van der Waals surface area contributed by atoms with Crippen LogP contribution in [-0.4, -0.2) is 21.6 Å². The number of hydrogen-bond acceptors (Lipinski definition) is 5. The summed E-state index contributed by atoms with van der Waals surface area (Å²) >= 11 is 1.38. The third-order valence-corrected chi connectivity index (χ3v) is 5.20. The summed E-state index contributed by atoms with van der Waals surface area (Å²) in [6, 6.07) is 6.27. The van der Waals surface area contributed by atoms with Crippen molar-refractivity contribution in [2.45, 2.75) is 51.5 Å². The molecule has 1 amide bonds. The highest BCUT2D eigenvalue weighted by Gasteiger charge is 2.35. The summed E-state index contributed by atoms with van der Waals surface area (Å²) in [6.07, 6.45) is 4.65. The van der Waals surface area contributed by atoms with Gasteiger partial charge in [-0.15, -0.1) is 10.2 Å². The predicted molar refractivity (Wildman–Crippen MR) is 93.5 cm³/mol. The molecule has 0 saturated heterocycles. The third-order valence-electron chi connectivity index (χ3n) is 4.31. The second-order valence-electron chi connectivity index (χ2n) is 6.46. The van der Waals surface area contributed by atoms with Crippen LogP contribution in [0.4, 0.5) is 5.13 Å². The zero-order valence-corrected chi connectivity index (χ0v) is 14.4. The van der Waals surface area contributed by atoms with Crippen LogP contribution in [0.5, 0.6) is 0 Å². The third kappa shape index (κ3) is 3.59. The Morgan fingerprint density at radius 2 is 1.78 bits per heavy atom. The van der Waals surface area contributed by atoms with Gasteiger partial charge in [0, 0.05) is 5.56 Å². The van der Waals surface area contributed by atoms with Crippen molar-refractivity contribution < 1.29 is 4.79 Å². The molecular weight excluding hydrogens is 308 g/mol. The van der Waals surface area contributed by atoms with Crippen molar-refractivity contribution in [3.63, 3.8) is 0 Å².